The second kappa shape index (κ2) is 15.0. The van der Waals surface area contributed by atoms with E-state index < -0.39 is 47.9 Å². The van der Waals surface area contributed by atoms with Crippen molar-refractivity contribution in [3.8, 4) is 0 Å². The summed E-state index contributed by atoms with van der Waals surface area (Å²) in [7, 11) is 0. The molecule has 0 aliphatic rings. The normalized spacial score (nSPS) is 14.4. The molecule has 37 heavy (non-hydrogen) atoms. The number of rotatable bonds is 16. The first-order valence-electron chi connectivity index (χ1n) is 11.9. The number of amides is 3. The van der Waals surface area contributed by atoms with Crippen LogP contribution < -0.4 is 21.7 Å². The number of nitrogens with zero attached hydrogens (tertiary/aromatic N) is 2. The Bertz CT molecular complexity index is 999. The molecule has 0 bridgehead atoms. The third-order valence-electron chi connectivity index (χ3n) is 5.52. The van der Waals surface area contributed by atoms with E-state index in [1.54, 1.807) is 11.8 Å². The quantitative estimate of drug-likeness (QED) is 0.148. The monoisotopic (exact) mass is 536 g/mol. The average Bonchev–Trinajstić information content (AvgIpc) is 3.55. The van der Waals surface area contributed by atoms with E-state index >= 15 is 0 Å². The van der Waals surface area contributed by atoms with Crippen LogP contribution in [0.3, 0.4) is 0 Å². The number of carbonyl (C=O) groups excluding carboxylic acids is 3. The van der Waals surface area contributed by atoms with E-state index in [0.717, 1.165) is 0 Å². The predicted octanol–water partition coefficient (Wildman–Crippen LogP) is -0.416. The van der Waals surface area contributed by atoms with E-state index in [4.69, 9.17) is 5.73 Å². The topological polar surface area (TPSA) is 208 Å². The zero-order chi connectivity index (χ0) is 27.4. The maximum Gasteiger partial charge on any atom is 0.326 e. The highest BCUT2D eigenvalue weighted by Gasteiger charge is 2.31. The SMILES string of the molecule is CSCCC(N)C(=O)NC(Cc1cnc[nH]1)C(=O)NC(Cc1cnc[nH]1)C(=O)NC(CC(C)C)C(=O)O. The first kappa shape index (κ1) is 29.8. The number of nitrogens with two attached hydrogens (primary N) is 1. The lowest BCUT2D eigenvalue weighted by atomic mass is 10.0. The van der Waals surface area contributed by atoms with Crippen molar-refractivity contribution in [3.05, 3.63) is 36.4 Å². The second-order valence-corrected chi connectivity index (χ2v) is 10.1. The highest BCUT2D eigenvalue weighted by Crippen LogP contribution is 2.08. The first-order chi connectivity index (χ1) is 17.6. The highest BCUT2D eigenvalue weighted by molar-refractivity contribution is 7.98. The molecule has 0 aliphatic heterocycles. The Morgan fingerprint density at radius 1 is 0.919 bits per heavy atom. The molecule has 204 valence electrons. The van der Waals surface area contributed by atoms with Crippen LogP contribution in [0.4, 0.5) is 0 Å². The Kier molecular flexibility index (Phi) is 12.1. The van der Waals surface area contributed by atoms with E-state index in [1.165, 1.54) is 25.0 Å². The zero-order valence-corrected chi connectivity index (χ0v) is 22.0. The van der Waals surface area contributed by atoms with Crippen molar-refractivity contribution in [2.24, 2.45) is 11.7 Å². The number of imidazole rings is 2. The number of carboxylic acid groups (broad SMARTS) is 1. The summed E-state index contributed by atoms with van der Waals surface area (Å²) >= 11 is 1.55. The van der Waals surface area contributed by atoms with Gasteiger partial charge in [-0.25, -0.2) is 14.8 Å². The van der Waals surface area contributed by atoms with Gasteiger partial charge in [0.2, 0.25) is 17.7 Å². The third-order valence-corrected chi connectivity index (χ3v) is 6.16. The summed E-state index contributed by atoms with van der Waals surface area (Å²) in [4.78, 5) is 64.5. The number of hydrogen-bond donors (Lipinski definition) is 7. The molecule has 0 aromatic carbocycles. The lowest BCUT2D eigenvalue weighted by molar-refractivity contribution is -0.142. The summed E-state index contributed by atoms with van der Waals surface area (Å²) in [5.74, 6) is -2.26. The molecule has 2 aromatic rings. The summed E-state index contributed by atoms with van der Waals surface area (Å²) < 4.78 is 0. The molecule has 4 unspecified atom stereocenters. The maximum atomic E-state index is 13.4. The van der Waals surface area contributed by atoms with E-state index in [0.29, 0.717) is 23.6 Å². The predicted molar refractivity (Wildman–Crippen MR) is 138 cm³/mol. The van der Waals surface area contributed by atoms with E-state index in [9.17, 15) is 24.3 Å². The number of carbonyl (C=O) groups is 4. The van der Waals surface area contributed by atoms with Crippen LogP contribution in [-0.2, 0) is 32.0 Å². The van der Waals surface area contributed by atoms with E-state index in [-0.39, 0.29) is 25.2 Å². The van der Waals surface area contributed by atoms with Crippen LogP contribution in [-0.4, -0.2) is 84.9 Å². The molecular weight excluding hydrogens is 500 g/mol. The van der Waals surface area contributed by atoms with Gasteiger partial charge >= 0.3 is 5.97 Å². The molecule has 0 saturated carbocycles. The lowest BCUT2D eigenvalue weighted by Crippen LogP contribution is -2.58. The molecule has 13 nitrogen and oxygen atoms in total. The van der Waals surface area contributed by atoms with Crippen LogP contribution in [0.2, 0.25) is 0 Å². The van der Waals surface area contributed by atoms with Crippen molar-refractivity contribution in [2.75, 3.05) is 12.0 Å². The minimum absolute atomic E-state index is 0.0198. The fourth-order valence-corrected chi connectivity index (χ4v) is 4.03. The van der Waals surface area contributed by atoms with Crippen LogP contribution in [0, 0.1) is 5.92 Å². The second-order valence-electron chi connectivity index (χ2n) is 9.10. The van der Waals surface area contributed by atoms with Crippen LogP contribution in [0.15, 0.2) is 25.0 Å². The van der Waals surface area contributed by atoms with Gasteiger partial charge < -0.3 is 36.8 Å². The van der Waals surface area contributed by atoms with Crippen molar-refractivity contribution in [1.82, 2.24) is 35.9 Å². The summed E-state index contributed by atoms with van der Waals surface area (Å²) in [5.41, 5.74) is 7.13. The molecule has 3 amide bonds. The molecule has 2 aromatic heterocycles. The molecular formula is C23H36N8O5S. The number of carboxylic acids is 1. The molecule has 0 saturated heterocycles. The molecule has 2 rings (SSSR count). The Morgan fingerprint density at radius 3 is 1.81 bits per heavy atom. The number of thioether (sulfide) groups is 1. The van der Waals surface area contributed by atoms with E-state index in [2.05, 4.69) is 35.9 Å². The summed E-state index contributed by atoms with van der Waals surface area (Å²) in [5, 5.41) is 17.4. The summed E-state index contributed by atoms with van der Waals surface area (Å²) in [6.07, 6.45) is 8.58. The van der Waals surface area contributed by atoms with Gasteiger partial charge in [0.05, 0.1) is 18.7 Å². The number of aliphatic carboxylic acids is 1. The Balaban J connectivity index is 2.22. The van der Waals surface area contributed by atoms with Gasteiger partial charge in [-0.3, -0.25) is 14.4 Å². The van der Waals surface area contributed by atoms with Gasteiger partial charge in [0.1, 0.15) is 18.1 Å². The third kappa shape index (κ3) is 10.2. The van der Waals surface area contributed by atoms with Gasteiger partial charge in [-0.1, -0.05) is 13.8 Å². The molecule has 0 radical (unpaired) electrons. The molecule has 0 spiro atoms. The standard InChI is InChI=1S/C23H36N8O5S/c1-13(2)6-19(23(35)36)31-22(34)18(8-15-10-26-12-28-15)30-21(33)17(7-14-9-25-11-27-14)29-20(32)16(24)4-5-37-3/h9-13,16-19H,4-8,24H2,1-3H3,(H,25,27)(H,26,28)(H,29,32)(H,30,33)(H,31,34)(H,35,36). The molecule has 0 fully saturated rings. The maximum absolute atomic E-state index is 13.4. The smallest absolute Gasteiger partial charge is 0.326 e. The molecule has 2 heterocycles. The van der Waals surface area contributed by atoms with Crippen molar-refractivity contribution in [1.29, 1.82) is 0 Å². The van der Waals surface area contributed by atoms with Gasteiger partial charge in [0, 0.05) is 36.6 Å². The highest BCUT2D eigenvalue weighted by atomic mass is 32.2. The lowest BCUT2D eigenvalue weighted by Gasteiger charge is -2.25. The molecule has 14 heteroatoms. The largest absolute Gasteiger partial charge is 0.480 e. The number of hydrogen-bond acceptors (Lipinski definition) is 8. The fraction of sp³-hybridized carbons (Fsp3) is 0.565. The van der Waals surface area contributed by atoms with Gasteiger partial charge in [0.15, 0.2) is 0 Å². The van der Waals surface area contributed by atoms with Crippen LogP contribution in [0.1, 0.15) is 38.1 Å². The van der Waals surface area contributed by atoms with Gasteiger partial charge in [0.25, 0.3) is 0 Å². The summed E-state index contributed by atoms with van der Waals surface area (Å²) in [6.45, 7) is 3.69. The molecule has 8 N–H and O–H groups in total. The minimum atomic E-state index is -1.17. The Labute approximate surface area is 219 Å². The van der Waals surface area contributed by atoms with Gasteiger partial charge in [-0.2, -0.15) is 11.8 Å². The Hall–Kier alpha value is -3.39. The van der Waals surface area contributed by atoms with E-state index in [1.807, 2.05) is 20.1 Å². The molecule has 4 atom stereocenters. The number of aromatic amines is 2. The van der Waals surface area contributed by atoms with Crippen LogP contribution in [0.5, 0.6) is 0 Å². The number of nitrogens with one attached hydrogen (secondary N) is 5. The van der Waals surface area contributed by atoms with Crippen LogP contribution in [0.25, 0.3) is 0 Å². The molecule has 0 aliphatic carbocycles. The average molecular weight is 537 g/mol. The van der Waals surface area contributed by atoms with Crippen LogP contribution >= 0.6 is 11.8 Å². The number of H-pyrrole nitrogens is 2. The fourth-order valence-electron chi connectivity index (χ4n) is 3.54. The van der Waals surface area contributed by atoms with Crippen molar-refractivity contribution in [3.63, 3.8) is 0 Å². The van der Waals surface area contributed by atoms with Crippen molar-refractivity contribution >= 4 is 35.5 Å². The van der Waals surface area contributed by atoms with Gasteiger partial charge in [-0.15, -0.1) is 0 Å². The Morgan fingerprint density at radius 2 is 1.41 bits per heavy atom. The van der Waals surface area contributed by atoms with Crippen molar-refractivity contribution in [2.45, 2.75) is 63.7 Å². The minimum Gasteiger partial charge on any atom is -0.480 e. The summed E-state index contributed by atoms with van der Waals surface area (Å²) in [6, 6.07) is -4.12. The number of aromatic nitrogens is 4. The van der Waals surface area contributed by atoms with Crippen molar-refractivity contribution < 1.29 is 24.3 Å². The van der Waals surface area contributed by atoms with Gasteiger partial charge in [-0.05, 0) is 30.8 Å². The first-order valence-corrected chi connectivity index (χ1v) is 13.3. The zero-order valence-electron chi connectivity index (χ0n) is 21.2.